The van der Waals surface area contributed by atoms with E-state index in [1.165, 1.54) is 11.0 Å². The Morgan fingerprint density at radius 1 is 1.30 bits per heavy atom. The molecule has 0 aliphatic heterocycles. The molecular formula is C17H18ClNO3S. The largest absolute Gasteiger partial charge is 0.487 e. The van der Waals surface area contributed by atoms with Crippen LogP contribution in [0.4, 0.5) is 5.69 Å². The Kier molecular flexibility index (Phi) is 6.65. The highest BCUT2D eigenvalue weighted by atomic mass is 35.5. The molecule has 4 nitrogen and oxygen atoms in total. The molecule has 0 aliphatic rings. The van der Waals surface area contributed by atoms with Gasteiger partial charge in [-0.25, -0.2) is 0 Å². The van der Waals surface area contributed by atoms with Gasteiger partial charge in [-0.2, -0.15) is 0 Å². The third kappa shape index (κ3) is 5.39. The maximum absolute atomic E-state index is 12.1. The number of anilines is 1. The Bertz CT molecular complexity index is 697. The molecular weight excluding hydrogens is 334 g/mol. The van der Waals surface area contributed by atoms with Crippen LogP contribution in [0.5, 0.6) is 5.75 Å². The number of benzene rings is 1. The highest BCUT2D eigenvalue weighted by Crippen LogP contribution is 2.32. The van der Waals surface area contributed by atoms with Crippen LogP contribution in [0.3, 0.4) is 0 Å². The Balaban J connectivity index is 2.05. The summed E-state index contributed by atoms with van der Waals surface area (Å²) in [5.74, 6) is 0.204. The summed E-state index contributed by atoms with van der Waals surface area (Å²) in [6.07, 6.45) is 3.27. The van der Waals surface area contributed by atoms with Crippen molar-refractivity contribution >= 4 is 40.6 Å². The van der Waals surface area contributed by atoms with Crippen molar-refractivity contribution in [3.8, 4) is 5.75 Å². The van der Waals surface area contributed by atoms with Gasteiger partial charge in [0.25, 0.3) is 0 Å². The lowest BCUT2D eigenvalue weighted by Crippen LogP contribution is -2.11. The third-order valence-electron chi connectivity index (χ3n) is 2.92. The minimum absolute atomic E-state index is 0.241. The lowest BCUT2D eigenvalue weighted by Gasteiger charge is -2.13. The van der Waals surface area contributed by atoms with E-state index in [1.54, 1.807) is 42.7 Å². The van der Waals surface area contributed by atoms with Gasteiger partial charge in [0.05, 0.1) is 17.3 Å². The predicted molar refractivity (Wildman–Crippen MR) is 95.5 cm³/mol. The monoisotopic (exact) mass is 351 g/mol. The number of carbonyl (C=O) groups excluding carboxylic acids is 1. The predicted octanol–water partition coefficient (Wildman–Crippen LogP) is 4.39. The number of amides is 1. The van der Waals surface area contributed by atoms with E-state index in [0.717, 1.165) is 4.88 Å². The van der Waals surface area contributed by atoms with Crippen LogP contribution >= 0.6 is 22.9 Å². The standard InChI is InChI=1S/C17H18ClNO3S/c1-12-6-7-13(23-12)8-9-16(20)19-15-5-3-4-14(18)17(15)22-11-10-21-2/h3-9H,10-11H2,1-2H3,(H,19,20)/b9-8+. The first-order chi connectivity index (χ1) is 11.1. The first-order valence-electron chi connectivity index (χ1n) is 7.06. The second-order valence-corrected chi connectivity index (χ2v) is 6.46. The van der Waals surface area contributed by atoms with Gasteiger partial charge in [-0.1, -0.05) is 17.7 Å². The second kappa shape index (κ2) is 8.72. The number of nitrogens with one attached hydrogen (secondary N) is 1. The normalized spacial score (nSPS) is 10.9. The SMILES string of the molecule is COCCOc1c(Cl)cccc1NC(=O)/C=C/c1ccc(C)s1. The van der Waals surface area contributed by atoms with Gasteiger partial charge < -0.3 is 14.8 Å². The maximum atomic E-state index is 12.1. The molecule has 1 aromatic carbocycles. The van der Waals surface area contributed by atoms with Crippen LogP contribution in [-0.2, 0) is 9.53 Å². The molecule has 2 rings (SSSR count). The number of hydrogen-bond acceptors (Lipinski definition) is 4. The molecule has 0 radical (unpaired) electrons. The summed E-state index contributed by atoms with van der Waals surface area (Å²) in [5, 5.41) is 3.23. The first kappa shape index (κ1) is 17.5. The molecule has 23 heavy (non-hydrogen) atoms. The highest BCUT2D eigenvalue weighted by Gasteiger charge is 2.10. The molecule has 6 heteroatoms. The lowest BCUT2D eigenvalue weighted by molar-refractivity contribution is -0.111. The second-order valence-electron chi connectivity index (χ2n) is 4.73. The minimum atomic E-state index is -0.241. The number of aryl methyl sites for hydroxylation is 1. The van der Waals surface area contributed by atoms with Crippen LogP contribution in [0.25, 0.3) is 6.08 Å². The van der Waals surface area contributed by atoms with Gasteiger partial charge in [-0.05, 0) is 37.3 Å². The van der Waals surface area contributed by atoms with Gasteiger partial charge in [0.15, 0.2) is 5.75 Å². The number of halogens is 1. The van der Waals surface area contributed by atoms with Crippen molar-refractivity contribution in [3.05, 3.63) is 51.2 Å². The Morgan fingerprint density at radius 2 is 2.13 bits per heavy atom. The highest BCUT2D eigenvalue weighted by molar-refractivity contribution is 7.12. The van der Waals surface area contributed by atoms with Crippen molar-refractivity contribution in [2.24, 2.45) is 0 Å². The molecule has 0 spiro atoms. The number of methoxy groups -OCH3 is 1. The van der Waals surface area contributed by atoms with Gasteiger partial charge in [0.1, 0.15) is 6.61 Å². The van der Waals surface area contributed by atoms with E-state index in [0.29, 0.717) is 29.7 Å². The number of ether oxygens (including phenoxy) is 2. The summed E-state index contributed by atoms with van der Waals surface area (Å²) in [5.41, 5.74) is 0.533. The fourth-order valence-electron chi connectivity index (χ4n) is 1.86. The Labute approximate surface area is 144 Å². The molecule has 122 valence electrons. The molecule has 0 bridgehead atoms. The molecule has 1 amide bonds. The molecule has 1 N–H and O–H groups in total. The molecule has 1 aromatic heterocycles. The number of hydrogen-bond donors (Lipinski definition) is 1. The van der Waals surface area contributed by atoms with Crippen molar-refractivity contribution in [1.82, 2.24) is 0 Å². The van der Waals surface area contributed by atoms with Crippen molar-refractivity contribution in [2.45, 2.75) is 6.92 Å². The van der Waals surface area contributed by atoms with Gasteiger partial charge >= 0.3 is 0 Å². The molecule has 0 atom stereocenters. The lowest BCUT2D eigenvalue weighted by atomic mass is 10.3. The average Bonchev–Trinajstić information content (AvgIpc) is 2.94. The summed E-state index contributed by atoms with van der Waals surface area (Å²) < 4.78 is 10.5. The van der Waals surface area contributed by atoms with E-state index in [2.05, 4.69) is 5.32 Å². The van der Waals surface area contributed by atoms with Crippen LogP contribution in [0.1, 0.15) is 9.75 Å². The van der Waals surface area contributed by atoms with Crippen molar-refractivity contribution < 1.29 is 14.3 Å². The fraction of sp³-hybridized carbons (Fsp3) is 0.235. The zero-order valence-electron chi connectivity index (χ0n) is 13.0. The molecule has 0 fully saturated rings. The number of carbonyl (C=O) groups is 1. The number of para-hydroxylation sites is 1. The molecule has 0 unspecified atom stereocenters. The average molecular weight is 352 g/mol. The van der Waals surface area contributed by atoms with Crippen molar-refractivity contribution in [2.75, 3.05) is 25.6 Å². The van der Waals surface area contributed by atoms with Gasteiger partial charge in [0, 0.05) is 22.9 Å². The molecule has 0 saturated heterocycles. The van der Waals surface area contributed by atoms with Gasteiger partial charge in [-0.15, -0.1) is 11.3 Å². The minimum Gasteiger partial charge on any atom is -0.487 e. The summed E-state index contributed by atoms with van der Waals surface area (Å²) in [4.78, 5) is 14.3. The topological polar surface area (TPSA) is 47.6 Å². The van der Waals surface area contributed by atoms with Crippen molar-refractivity contribution in [1.29, 1.82) is 0 Å². The van der Waals surface area contributed by atoms with E-state index in [1.807, 2.05) is 19.1 Å². The summed E-state index contributed by atoms with van der Waals surface area (Å²) in [6, 6.07) is 9.20. The summed E-state index contributed by atoms with van der Waals surface area (Å²) in [7, 11) is 1.59. The van der Waals surface area contributed by atoms with E-state index in [4.69, 9.17) is 21.1 Å². The van der Waals surface area contributed by atoms with Gasteiger partial charge in [-0.3, -0.25) is 4.79 Å². The molecule has 0 aliphatic carbocycles. The Hall–Kier alpha value is -1.82. The van der Waals surface area contributed by atoms with Crippen LogP contribution in [0, 0.1) is 6.92 Å². The van der Waals surface area contributed by atoms with Crippen LogP contribution in [0.15, 0.2) is 36.4 Å². The zero-order chi connectivity index (χ0) is 16.7. The smallest absolute Gasteiger partial charge is 0.248 e. The quantitative estimate of drug-likeness (QED) is 0.594. The summed E-state index contributed by atoms with van der Waals surface area (Å²) >= 11 is 7.76. The van der Waals surface area contributed by atoms with Crippen LogP contribution in [0.2, 0.25) is 5.02 Å². The van der Waals surface area contributed by atoms with Crippen LogP contribution in [-0.4, -0.2) is 26.2 Å². The van der Waals surface area contributed by atoms with E-state index in [9.17, 15) is 4.79 Å². The fourth-order valence-corrected chi connectivity index (χ4v) is 2.87. The van der Waals surface area contributed by atoms with E-state index in [-0.39, 0.29) is 5.91 Å². The van der Waals surface area contributed by atoms with Gasteiger partial charge in [0.2, 0.25) is 5.91 Å². The van der Waals surface area contributed by atoms with Crippen molar-refractivity contribution in [3.63, 3.8) is 0 Å². The molecule has 0 saturated carbocycles. The number of thiophene rings is 1. The molecule has 2 aromatic rings. The molecule has 1 heterocycles. The first-order valence-corrected chi connectivity index (χ1v) is 8.25. The third-order valence-corrected chi connectivity index (χ3v) is 4.18. The summed E-state index contributed by atoms with van der Waals surface area (Å²) in [6.45, 7) is 2.82. The van der Waals surface area contributed by atoms with E-state index < -0.39 is 0 Å². The van der Waals surface area contributed by atoms with E-state index >= 15 is 0 Å². The Morgan fingerprint density at radius 3 is 2.83 bits per heavy atom. The zero-order valence-corrected chi connectivity index (χ0v) is 14.5. The number of rotatable bonds is 7. The van der Waals surface area contributed by atoms with Crippen LogP contribution < -0.4 is 10.1 Å². The maximum Gasteiger partial charge on any atom is 0.248 e.